The van der Waals surface area contributed by atoms with E-state index >= 15 is 0 Å². The Morgan fingerprint density at radius 3 is 2.88 bits per heavy atom. The van der Waals surface area contributed by atoms with E-state index in [0.717, 1.165) is 0 Å². The van der Waals surface area contributed by atoms with Crippen molar-refractivity contribution in [1.82, 2.24) is 9.38 Å². The Balaban J connectivity index is 2.53. The number of aromatic nitrogens is 2. The van der Waals surface area contributed by atoms with Crippen LogP contribution in [0.25, 0.3) is 5.65 Å². The molecule has 0 unspecified atom stereocenters. The Kier molecular flexibility index (Phi) is 2.32. The summed E-state index contributed by atoms with van der Waals surface area (Å²) < 4.78 is 6.07. The van der Waals surface area contributed by atoms with Crippen molar-refractivity contribution in [1.29, 1.82) is 0 Å². The Bertz CT molecular complexity index is 573. The molecule has 0 fully saturated rings. The normalized spacial score (nSPS) is 10.3. The lowest BCUT2D eigenvalue weighted by molar-refractivity contribution is 0.0600. The summed E-state index contributed by atoms with van der Waals surface area (Å²) >= 11 is 0. The van der Waals surface area contributed by atoms with Gasteiger partial charge in [-0.05, 0) is 12.1 Å². The molecular weight excluding hydrogens is 212 g/mol. The number of ether oxygens (including phenoxy) is 1. The summed E-state index contributed by atoms with van der Waals surface area (Å²) in [6.45, 7) is 0. The summed E-state index contributed by atoms with van der Waals surface area (Å²) in [5, 5.41) is 8.74. The zero-order chi connectivity index (χ0) is 11.7. The second-order valence-corrected chi connectivity index (χ2v) is 3.10. The number of aromatic carboxylic acids is 1. The third-order valence-corrected chi connectivity index (χ3v) is 2.10. The molecule has 0 aromatic carbocycles. The number of methoxy groups -OCH3 is 1. The van der Waals surface area contributed by atoms with Gasteiger partial charge in [-0.3, -0.25) is 0 Å². The van der Waals surface area contributed by atoms with Crippen molar-refractivity contribution in [3.05, 3.63) is 35.8 Å². The molecule has 0 amide bonds. The molecular formula is C10H8N2O4. The highest BCUT2D eigenvalue weighted by Crippen LogP contribution is 2.09. The number of pyridine rings is 1. The van der Waals surface area contributed by atoms with Crippen molar-refractivity contribution in [2.75, 3.05) is 7.11 Å². The number of hydrogen-bond acceptors (Lipinski definition) is 4. The van der Waals surface area contributed by atoms with Gasteiger partial charge >= 0.3 is 11.9 Å². The van der Waals surface area contributed by atoms with Crippen LogP contribution >= 0.6 is 0 Å². The van der Waals surface area contributed by atoms with Crippen LogP contribution in [0.3, 0.4) is 0 Å². The van der Waals surface area contributed by atoms with Crippen LogP contribution in [0.2, 0.25) is 0 Å². The number of carbonyl (C=O) groups is 2. The fourth-order valence-electron chi connectivity index (χ4n) is 1.33. The van der Waals surface area contributed by atoms with Gasteiger partial charge in [-0.15, -0.1) is 0 Å². The predicted molar refractivity (Wildman–Crippen MR) is 53.5 cm³/mol. The Hall–Kier alpha value is -2.37. The van der Waals surface area contributed by atoms with Crippen molar-refractivity contribution in [2.45, 2.75) is 0 Å². The van der Waals surface area contributed by atoms with Gasteiger partial charge in [-0.1, -0.05) is 0 Å². The molecule has 0 aliphatic carbocycles. The van der Waals surface area contributed by atoms with E-state index in [-0.39, 0.29) is 5.69 Å². The SMILES string of the molecule is COC(=O)c1ccn2cc(C(=O)O)nc2c1. The molecule has 6 nitrogen and oxygen atoms in total. The van der Waals surface area contributed by atoms with E-state index in [4.69, 9.17) is 5.11 Å². The van der Waals surface area contributed by atoms with Crippen molar-refractivity contribution < 1.29 is 19.4 Å². The van der Waals surface area contributed by atoms with Crippen molar-refractivity contribution in [3.63, 3.8) is 0 Å². The minimum Gasteiger partial charge on any atom is -0.476 e. The molecule has 0 aliphatic heterocycles. The molecule has 2 rings (SSSR count). The maximum atomic E-state index is 11.2. The summed E-state index contributed by atoms with van der Waals surface area (Å²) in [7, 11) is 1.28. The first-order chi connectivity index (χ1) is 7.61. The van der Waals surface area contributed by atoms with Crippen molar-refractivity contribution in [3.8, 4) is 0 Å². The van der Waals surface area contributed by atoms with E-state index in [0.29, 0.717) is 11.2 Å². The summed E-state index contributed by atoms with van der Waals surface area (Å²) in [6, 6.07) is 3.00. The standard InChI is InChI=1S/C10H8N2O4/c1-16-10(15)6-2-3-12-5-7(9(13)14)11-8(12)4-6/h2-5H,1H3,(H,13,14). The Morgan fingerprint density at radius 2 is 2.25 bits per heavy atom. The lowest BCUT2D eigenvalue weighted by atomic mass is 10.3. The molecule has 0 saturated heterocycles. The third-order valence-electron chi connectivity index (χ3n) is 2.10. The number of carboxylic acid groups (broad SMARTS) is 1. The number of imidazole rings is 1. The van der Waals surface area contributed by atoms with Crippen LogP contribution in [-0.2, 0) is 4.74 Å². The van der Waals surface area contributed by atoms with Gasteiger partial charge in [0.2, 0.25) is 0 Å². The Labute approximate surface area is 90.1 Å². The molecule has 0 spiro atoms. The first-order valence-corrected chi connectivity index (χ1v) is 4.42. The van der Waals surface area contributed by atoms with Crippen molar-refractivity contribution in [2.24, 2.45) is 0 Å². The zero-order valence-electron chi connectivity index (χ0n) is 8.38. The zero-order valence-corrected chi connectivity index (χ0v) is 8.38. The molecule has 1 N–H and O–H groups in total. The van der Waals surface area contributed by atoms with Crippen molar-refractivity contribution >= 4 is 17.6 Å². The van der Waals surface area contributed by atoms with Crippen LogP contribution in [0.4, 0.5) is 0 Å². The van der Waals surface area contributed by atoms with Gasteiger partial charge in [0.25, 0.3) is 0 Å². The van der Waals surface area contributed by atoms with E-state index in [1.54, 1.807) is 6.20 Å². The highest BCUT2D eigenvalue weighted by Gasteiger charge is 2.11. The number of hydrogen-bond donors (Lipinski definition) is 1. The second-order valence-electron chi connectivity index (χ2n) is 3.10. The summed E-state index contributed by atoms with van der Waals surface area (Å²) in [4.78, 5) is 25.7. The fraction of sp³-hybridized carbons (Fsp3) is 0.100. The fourth-order valence-corrected chi connectivity index (χ4v) is 1.33. The van der Waals surface area contributed by atoms with Crippen LogP contribution in [0.15, 0.2) is 24.5 Å². The monoisotopic (exact) mass is 220 g/mol. The summed E-state index contributed by atoms with van der Waals surface area (Å²) in [6.07, 6.45) is 2.93. The maximum Gasteiger partial charge on any atom is 0.356 e. The maximum absolute atomic E-state index is 11.2. The molecule has 16 heavy (non-hydrogen) atoms. The first-order valence-electron chi connectivity index (χ1n) is 4.42. The topological polar surface area (TPSA) is 80.9 Å². The van der Waals surface area contributed by atoms with Crippen LogP contribution in [0.5, 0.6) is 0 Å². The van der Waals surface area contributed by atoms with Gasteiger partial charge in [-0.25, -0.2) is 14.6 Å². The van der Waals surface area contributed by atoms with Crippen LogP contribution < -0.4 is 0 Å². The van der Waals surface area contributed by atoms with E-state index in [9.17, 15) is 9.59 Å². The molecule has 0 saturated carbocycles. The quantitative estimate of drug-likeness (QED) is 0.757. The number of carboxylic acids is 1. The van der Waals surface area contributed by atoms with Gasteiger partial charge < -0.3 is 14.2 Å². The average molecular weight is 220 g/mol. The molecule has 0 radical (unpaired) electrons. The van der Waals surface area contributed by atoms with Crippen LogP contribution in [0, 0.1) is 0 Å². The third kappa shape index (κ3) is 1.60. The van der Waals surface area contributed by atoms with Gasteiger partial charge in [0.1, 0.15) is 5.65 Å². The van der Waals surface area contributed by atoms with Gasteiger partial charge in [-0.2, -0.15) is 0 Å². The number of nitrogens with zero attached hydrogens (tertiary/aromatic N) is 2. The van der Waals surface area contributed by atoms with Gasteiger partial charge in [0.05, 0.1) is 12.7 Å². The molecule has 2 aromatic rings. The molecule has 2 aromatic heterocycles. The minimum absolute atomic E-state index is 0.0676. The average Bonchev–Trinajstić information content (AvgIpc) is 2.70. The molecule has 6 heteroatoms. The highest BCUT2D eigenvalue weighted by molar-refractivity contribution is 5.91. The van der Waals surface area contributed by atoms with Gasteiger partial charge in [0, 0.05) is 12.4 Å². The summed E-state index contributed by atoms with van der Waals surface area (Å²) in [5.41, 5.74) is 0.653. The minimum atomic E-state index is -1.11. The predicted octanol–water partition coefficient (Wildman–Crippen LogP) is 0.819. The van der Waals surface area contributed by atoms with E-state index in [1.807, 2.05) is 0 Å². The lowest BCUT2D eigenvalue weighted by Gasteiger charge is -1.98. The lowest BCUT2D eigenvalue weighted by Crippen LogP contribution is -2.01. The molecule has 82 valence electrons. The van der Waals surface area contributed by atoms with Crippen LogP contribution in [-0.4, -0.2) is 33.5 Å². The molecule has 0 aliphatic rings. The van der Waals surface area contributed by atoms with Crippen LogP contribution in [0.1, 0.15) is 20.8 Å². The number of rotatable bonds is 2. The van der Waals surface area contributed by atoms with Gasteiger partial charge in [0.15, 0.2) is 5.69 Å². The van der Waals surface area contributed by atoms with E-state index < -0.39 is 11.9 Å². The number of carbonyl (C=O) groups excluding carboxylic acids is 1. The number of esters is 1. The molecule has 0 bridgehead atoms. The molecule has 2 heterocycles. The largest absolute Gasteiger partial charge is 0.476 e. The smallest absolute Gasteiger partial charge is 0.356 e. The van der Waals surface area contributed by atoms with E-state index in [2.05, 4.69) is 9.72 Å². The second kappa shape index (κ2) is 3.65. The first kappa shape index (κ1) is 10.2. The highest BCUT2D eigenvalue weighted by atomic mass is 16.5. The molecule has 0 atom stereocenters. The Morgan fingerprint density at radius 1 is 1.50 bits per heavy atom. The van der Waals surface area contributed by atoms with E-state index in [1.165, 1.54) is 29.8 Å². The number of fused-ring (bicyclic) bond motifs is 1. The summed E-state index contributed by atoms with van der Waals surface area (Å²) in [5.74, 6) is -1.59.